The highest BCUT2D eigenvalue weighted by molar-refractivity contribution is 6.01. The van der Waals surface area contributed by atoms with Gasteiger partial charge in [-0.05, 0) is 55.5 Å². The molecule has 0 bridgehead atoms. The number of rotatable bonds is 7. The van der Waals surface area contributed by atoms with E-state index >= 15 is 0 Å². The van der Waals surface area contributed by atoms with Crippen molar-refractivity contribution in [1.82, 2.24) is 15.2 Å². The van der Waals surface area contributed by atoms with Crippen LogP contribution in [0.5, 0.6) is 0 Å². The van der Waals surface area contributed by atoms with E-state index in [4.69, 9.17) is 0 Å². The molecule has 36 heavy (non-hydrogen) atoms. The van der Waals surface area contributed by atoms with Gasteiger partial charge in [0.25, 0.3) is 5.91 Å². The zero-order valence-electron chi connectivity index (χ0n) is 20.8. The SMILES string of the molecule is CC(NC(=O)CC1CNC(=O)c2cc3cc(NC(=O)CC4CCCCC4)ccc3n21)c1ccccc1. The van der Waals surface area contributed by atoms with E-state index in [9.17, 15) is 14.4 Å². The van der Waals surface area contributed by atoms with Gasteiger partial charge in [0.2, 0.25) is 11.8 Å². The van der Waals surface area contributed by atoms with E-state index in [1.807, 2.05) is 66.1 Å². The minimum atomic E-state index is -0.190. The first-order valence-corrected chi connectivity index (χ1v) is 13.1. The highest BCUT2D eigenvalue weighted by Crippen LogP contribution is 2.31. The van der Waals surface area contributed by atoms with Crippen molar-refractivity contribution >= 4 is 34.3 Å². The Kier molecular flexibility index (Phi) is 7.07. The quantitative estimate of drug-likeness (QED) is 0.434. The second-order valence-corrected chi connectivity index (χ2v) is 10.2. The second-order valence-electron chi connectivity index (χ2n) is 10.2. The summed E-state index contributed by atoms with van der Waals surface area (Å²) in [5, 5.41) is 9.92. The normalized spacial score (nSPS) is 18.8. The third kappa shape index (κ3) is 5.30. The molecule has 2 aromatic carbocycles. The molecule has 3 N–H and O–H groups in total. The number of hydrogen-bond donors (Lipinski definition) is 3. The van der Waals surface area contributed by atoms with Crippen LogP contribution < -0.4 is 16.0 Å². The van der Waals surface area contributed by atoms with Crippen LogP contribution in [0.4, 0.5) is 5.69 Å². The summed E-state index contributed by atoms with van der Waals surface area (Å²) in [7, 11) is 0. The third-order valence-electron chi connectivity index (χ3n) is 7.52. The Balaban J connectivity index is 1.30. The van der Waals surface area contributed by atoms with Crippen LogP contribution in [-0.4, -0.2) is 28.8 Å². The molecule has 2 atom stereocenters. The lowest BCUT2D eigenvalue weighted by Gasteiger charge is -2.27. The van der Waals surface area contributed by atoms with E-state index < -0.39 is 0 Å². The van der Waals surface area contributed by atoms with Gasteiger partial charge in [0, 0.05) is 36.0 Å². The molecule has 1 aliphatic heterocycles. The lowest BCUT2D eigenvalue weighted by molar-refractivity contribution is -0.122. The average molecular weight is 487 g/mol. The predicted molar refractivity (Wildman–Crippen MR) is 141 cm³/mol. The fraction of sp³-hybridized carbons (Fsp3) is 0.414. The molecule has 1 fully saturated rings. The topological polar surface area (TPSA) is 92.2 Å². The summed E-state index contributed by atoms with van der Waals surface area (Å²) >= 11 is 0. The summed E-state index contributed by atoms with van der Waals surface area (Å²) < 4.78 is 1.97. The van der Waals surface area contributed by atoms with Crippen LogP contribution in [0, 0.1) is 5.92 Å². The van der Waals surface area contributed by atoms with E-state index in [-0.39, 0.29) is 36.2 Å². The Labute approximate surface area is 211 Å². The first-order chi connectivity index (χ1) is 17.5. The summed E-state index contributed by atoms with van der Waals surface area (Å²) in [4.78, 5) is 38.1. The Bertz CT molecular complexity index is 1260. The van der Waals surface area contributed by atoms with E-state index in [0.29, 0.717) is 24.6 Å². The fourth-order valence-corrected chi connectivity index (χ4v) is 5.64. The van der Waals surface area contributed by atoms with Crippen LogP contribution in [0.2, 0.25) is 0 Å². The van der Waals surface area contributed by atoms with Crippen molar-refractivity contribution in [3.05, 3.63) is 65.9 Å². The molecule has 2 aliphatic rings. The largest absolute Gasteiger partial charge is 0.350 e. The van der Waals surface area contributed by atoms with E-state index in [0.717, 1.165) is 35.0 Å². The molecule has 5 rings (SSSR count). The minimum Gasteiger partial charge on any atom is -0.350 e. The fourth-order valence-electron chi connectivity index (χ4n) is 5.64. The molecule has 1 saturated carbocycles. The van der Waals surface area contributed by atoms with Crippen molar-refractivity contribution in [2.45, 2.75) is 64.0 Å². The molecule has 3 amide bonds. The predicted octanol–water partition coefficient (Wildman–Crippen LogP) is 5.10. The average Bonchev–Trinajstić information content (AvgIpc) is 3.27. The van der Waals surface area contributed by atoms with Crippen molar-refractivity contribution in [3.63, 3.8) is 0 Å². The van der Waals surface area contributed by atoms with Crippen LogP contribution in [-0.2, 0) is 9.59 Å². The molecule has 2 heterocycles. The number of carbonyl (C=O) groups is 3. The highest BCUT2D eigenvalue weighted by Gasteiger charge is 2.29. The standard InChI is InChI=1S/C29H34N4O3/c1-19(21-10-6-3-7-11-21)31-28(35)17-24-18-30-29(36)26-16-22-15-23(12-13-25(22)33(24)26)32-27(34)14-20-8-4-2-5-9-20/h3,6-7,10-13,15-16,19-20,24H,2,4-5,8-9,14,17-18H2,1H3,(H,30,36)(H,31,35)(H,32,34). The van der Waals surface area contributed by atoms with Gasteiger partial charge in [-0.3, -0.25) is 14.4 Å². The number of nitrogens with one attached hydrogen (secondary N) is 3. The van der Waals surface area contributed by atoms with Crippen LogP contribution in [0.15, 0.2) is 54.6 Å². The number of benzene rings is 2. The maximum atomic E-state index is 12.9. The molecule has 0 spiro atoms. The number of fused-ring (bicyclic) bond motifs is 3. The molecule has 3 aromatic rings. The van der Waals surface area contributed by atoms with Crippen LogP contribution in [0.3, 0.4) is 0 Å². The molecular weight excluding hydrogens is 452 g/mol. The summed E-state index contributed by atoms with van der Waals surface area (Å²) in [6.45, 7) is 2.36. The second kappa shape index (κ2) is 10.6. The number of aromatic nitrogens is 1. The van der Waals surface area contributed by atoms with Crippen LogP contribution in [0.1, 0.15) is 80.0 Å². The summed E-state index contributed by atoms with van der Waals surface area (Å²) in [5.74, 6) is 0.310. The lowest BCUT2D eigenvalue weighted by Crippen LogP contribution is -2.41. The highest BCUT2D eigenvalue weighted by atomic mass is 16.2. The number of hydrogen-bond acceptors (Lipinski definition) is 3. The van der Waals surface area contributed by atoms with Gasteiger partial charge < -0.3 is 20.5 Å². The maximum Gasteiger partial charge on any atom is 0.268 e. The molecule has 1 aromatic heterocycles. The molecule has 0 radical (unpaired) electrons. The summed E-state index contributed by atoms with van der Waals surface area (Å²) in [6, 6.07) is 17.2. The first kappa shape index (κ1) is 24.1. The number of anilines is 1. The van der Waals surface area contributed by atoms with Gasteiger partial charge in [0.1, 0.15) is 5.69 Å². The Morgan fingerprint density at radius 3 is 2.56 bits per heavy atom. The number of amides is 3. The van der Waals surface area contributed by atoms with E-state index in [1.54, 1.807) is 0 Å². The van der Waals surface area contributed by atoms with Crippen LogP contribution in [0.25, 0.3) is 10.9 Å². The molecule has 1 aliphatic carbocycles. The number of nitrogens with zero attached hydrogens (tertiary/aromatic N) is 1. The van der Waals surface area contributed by atoms with E-state index in [1.165, 1.54) is 19.3 Å². The van der Waals surface area contributed by atoms with Crippen molar-refractivity contribution in [1.29, 1.82) is 0 Å². The lowest BCUT2D eigenvalue weighted by atomic mass is 9.87. The van der Waals surface area contributed by atoms with Gasteiger partial charge in [0.05, 0.1) is 12.1 Å². The van der Waals surface area contributed by atoms with Gasteiger partial charge in [-0.15, -0.1) is 0 Å². The van der Waals surface area contributed by atoms with Crippen molar-refractivity contribution in [2.75, 3.05) is 11.9 Å². The monoisotopic (exact) mass is 486 g/mol. The van der Waals surface area contributed by atoms with Gasteiger partial charge >= 0.3 is 0 Å². The Hall–Kier alpha value is -3.61. The molecule has 0 saturated heterocycles. The third-order valence-corrected chi connectivity index (χ3v) is 7.52. The summed E-state index contributed by atoms with van der Waals surface area (Å²) in [5.41, 5.74) is 3.21. The molecular formula is C29H34N4O3. The van der Waals surface area contributed by atoms with Gasteiger partial charge in [-0.1, -0.05) is 49.6 Å². The number of carbonyl (C=O) groups excluding carboxylic acids is 3. The zero-order valence-corrected chi connectivity index (χ0v) is 20.8. The maximum absolute atomic E-state index is 12.9. The molecule has 188 valence electrons. The smallest absolute Gasteiger partial charge is 0.268 e. The zero-order chi connectivity index (χ0) is 25.1. The van der Waals surface area contributed by atoms with E-state index in [2.05, 4.69) is 16.0 Å². The molecule has 7 heteroatoms. The van der Waals surface area contributed by atoms with Crippen molar-refractivity contribution in [2.24, 2.45) is 5.92 Å². The Morgan fingerprint density at radius 1 is 1.00 bits per heavy atom. The van der Waals surface area contributed by atoms with Crippen LogP contribution >= 0.6 is 0 Å². The first-order valence-electron chi connectivity index (χ1n) is 13.1. The van der Waals surface area contributed by atoms with Crippen molar-refractivity contribution < 1.29 is 14.4 Å². The van der Waals surface area contributed by atoms with Gasteiger partial charge in [-0.2, -0.15) is 0 Å². The Morgan fingerprint density at radius 2 is 1.78 bits per heavy atom. The van der Waals surface area contributed by atoms with Gasteiger partial charge in [0.15, 0.2) is 0 Å². The summed E-state index contributed by atoms with van der Waals surface area (Å²) in [6.07, 6.45) is 6.79. The van der Waals surface area contributed by atoms with Crippen molar-refractivity contribution in [3.8, 4) is 0 Å². The van der Waals surface area contributed by atoms with Gasteiger partial charge in [-0.25, -0.2) is 0 Å². The minimum absolute atomic E-state index is 0.0463. The molecule has 2 unspecified atom stereocenters. The molecule has 7 nitrogen and oxygen atoms in total.